The van der Waals surface area contributed by atoms with Gasteiger partial charge < -0.3 is 9.73 Å². The van der Waals surface area contributed by atoms with Crippen LogP contribution in [0.15, 0.2) is 47.2 Å². The van der Waals surface area contributed by atoms with Gasteiger partial charge in [0.25, 0.3) is 0 Å². The number of fused-ring (bicyclic) bond motifs is 2. The van der Waals surface area contributed by atoms with Crippen molar-refractivity contribution in [3.8, 4) is 0 Å². The Kier molecular flexibility index (Phi) is 2.62. The zero-order valence-electron chi connectivity index (χ0n) is 11.2. The maximum absolute atomic E-state index is 5.77. The molecule has 6 aromatic rings. The fourth-order valence-electron chi connectivity index (χ4n) is 2.40. The van der Waals surface area contributed by atoms with Crippen molar-refractivity contribution in [2.75, 3.05) is 12.4 Å². The Morgan fingerprint density at radius 3 is 2.81 bits per heavy atom. The summed E-state index contributed by atoms with van der Waals surface area (Å²) in [4.78, 5) is 4.07. The van der Waals surface area contributed by atoms with E-state index in [1.165, 1.54) is 16.2 Å². The predicted molar refractivity (Wildman–Crippen MR) is 83.6 cm³/mol. The molecule has 6 heteroatoms. The van der Waals surface area contributed by atoms with Crippen LogP contribution < -0.4 is 5.32 Å². The summed E-state index contributed by atoms with van der Waals surface area (Å²) in [6.45, 7) is 0. The number of anilines is 1. The third-order valence-electron chi connectivity index (χ3n) is 3.47. The quantitative estimate of drug-likeness (QED) is 0.477. The second kappa shape index (κ2) is 4.49. The van der Waals surface area contributed by atoms with Gasteiger partial charge in [-0.1, -0.05) is 17.7 Å². The third kappa shape index (κ3) is 1.86. The molecule has 4 bridgehead atoms. The minimum absolute atomic E-state index is 0.465. The van der Waals surface area contributed by atoms with Gasteiger partial charge in [0.15, 0.2) is 5.65 Å². The van der Waals surface area contributed by atoms with Crippen molar-refractivity contribution in [3.05, 3.63) is 47.9 Å². The molecule has 6 rings (SSSR count). The Morgan fingerprint density at radius 1 is 1.19 bits per heavy atom. The van der Waals surface area contributed by atoms with E-state index in [1.807, 2.05) is 19.4 Å². The highest BCUT2D eigenvalue weighted by atomic mass is 35.5. The topological polar surface area (TPSA) is 55.4 Å². The van der Waals surface area contributed by atoms with Crippen LogP contribution in [0.4, 0.5) is 5.82 Å². The van der Waals surface area contributed by atoms with Crippen LogP contribution in [-0.4, -0.2) is 21.6 Å². The number of rotatable bonds is 1. The summed E-state index contributed by atoms with van der Waals surface area (Å²) in [5, 5.41) is 11.4. The molecule has 0 unspecified atom stereocenters. The monoisotopic (exact) mass is 298 g/mol. The van der Waals surface area contributed by atoms with Crippen LogP contribution in [0, 0.1) is 0 Å². The number of nitrogens with zero attached hydrogens (tertiary/aromatic N) is 3. The van der Waals surface area contributed by atoms with Crippen LogP contribution in [0.5, 0.6) is 0 Å². The first-order valence-corrected chi connectivity index (χ1v) is 6.84. The highest BCUT2D eigenvalue weighted by molar-refractivity contribution is 6.29. The highest BCUT2D eigenvalue weighted by Crippen LogP contribution is 2.34. The average molecular weight is 299 g/mol. The Hall–Kier alpha value is -2.53. The van der Waals surface area contributed by atoms with Gasteiger partial charge in [-0.3, -0.25) is 0 Å². The van der Waals surface area contributed by atoms with E-state index >= 15 is 0 Å². The van der Waals surface area contributed by atoms with E-state index in [0.29, 0.717) is 5.15 Å². The summed E-state index contributed by atoms with van der Waals surface area (Å²) in [6.07, 6.45) is 3.50. The van der Waals surface area contributed by atoms with Crippen LogP contribution in [0.1, 0.15) is 0 Å². The van der Waals surface area contributed by atoms with Gasteiger partial charge in [-0.2, -0.15) is 9.61 Å². The van der Waals surface area contributed by atoms with Crippen molar-refractivity contribution >= 4 is 44.8 Å². The molecule has 21 heavy (non-hydrogen) atoms. The molecule has 3 heterocycles. The molecule has 0 aliphatic carbocycles. The molecule has 0 radical (unpaired) electrons. The van der Waals surface area contributed by atoms with Gasteiger partial charge in [0.1, 0.15) is 16.6 Å². The molecular formula is C15H11ClN4O. The number of aromatic nitrogens is 3. The lowest BCUT2D eigenvalue weighted by Crippen LogP contribution is -2.00. The summed E-state index contributed by atoms with van der Waals surface area (Å²) in [5.41, 5.74) is 1.76. The second-order valence-electron chi connectivity index (χ2n) is 4.68. The van der Waals surface area contributed by atoms with E-state index < -0.39 is 0 Å². The van der Waals surface area contributed by atoms with E-state index in [-0.39, 0.29) is 0 Å². The second-order valence-corrected chi connectivity index (χ2v) is 5.06. The molecule has 5 nitrogen and oxygen atoms in total. The van der Waals surface area contributed by atoms with Crippen molar-refractivity contribution < 1.29 is 4.42 Å². The molecule has 3 aromatic heterocycles. The molecule has 0 atom stereocenters. The number of benzene rings is 2. The summed E-state index contributed by atoms with van der Waals surface area (Å²) >= 11 is 5.77. The standard InChI is InChI=1S/C8H4O.C7H7ClN4/c1-2-8-6-3-5(1)7(6)4-9-8;1-9-7-4-5(8)11-6-2-3-10-12(6)7/h1-4H;2-4,9H,1H3. The van der Waals surface area contributed by atoms with Gasteiger partial charge >= 0.3 is 0 Å². The molecule has 1 N–H and O–H groups in total. The number of nitrogens with one attached hydrogen (secondary N) is 1. The Morgan fingerprint density at radius 2 is 2.10 bits per heavy atom. The maximum atomic E-state index is 5.77. The molecule has 0 aliphatic rings. The number of hydrogen-bond acceptors (Lipinski definition) is 4. The number of hydrogen-bond donors (Lipinski definition) is 1. The number of halogens is 1. The lowest BCUT2D eigenvalue weighted by Gasteiger charge is -2.02. The van der Waals surface area contributed by atoms with Crippen LogP contribution in [0.25, 0.3) is 27.4 Å². The van der Waals surface area contributed by atoms with Crippen molar-refractivity contribution in [2.45, 2.75) is 0 Å². The minimum Gasteiger partial charge on any atom is -0.464 e. The first-order chi connectivity index (χ1) is 10.3. The SMILES string of the molecule is CNc1cc(Cl)nc2ccnn12.c1cc2occ3c1cc23. The zero-order valence-corrected chi connectivity index (χ0v) is 11.9. The fraction of sp³-hybridized carbons (Fsp3) is 0.0667. The van der Waals surface area contributed by atoms with Crippen molar-refractivity contribution in [2.24, 2.45) is 0 Å². The lowest BCUT2D eigenvalue weighted by molar-refractivity contribution is 0.620. The van der Waals surface area contributed by atoms with Crippen molar-refractivity contribution in [1.82, 2.24) is 14.6 Å². The van der Waals surface area contributed by atoms with E-state index in [9.17, 15) is 0 Å². The smallest absolute Gasteiger partial charge is 0.159 e. The van der Waals surface area contributed by atoms with Crippen LogP contribution in [-0.2, 0) is 0 Å². The third-order valence-corrected chi connectivity index (χ3v) is 3.66. The minimum atomic E-state index is 0.465. The molecule has 0 aliphatic heterocycles. The average Bonchev–Trinajstić information content (AvgIpc) is 3.02. The van der Waals surface area contributed by atoms with E-state index in [1.54, 1.807) is 22.8 Å². The van der Waals surface area contributed by atoms with Gasteiger partial charge in [-0.05, 0) is 17.5 Å². The van der Waals surface area contributed by atoms with Crippen LogP contribution in [0.3, 0.4) is 0 Å². The van der Waals surface area contributed by atoms with E-state index in [2.05, 4.69) is 27.5 Å². The molecule has 0 saturated carbocycles. The maximum Gasteiger partial charge on any atom is 0.159 e. The zero-order chi connectivity index (χ0) is 14.4. The normalized spacial score (nSPS) is 11.3. The fourth-order valence-corrected chi connectivity index (χ4v) is 2.59. The summed E-state index contributed by atoms with van der Waals surface area (Å²) in [6, 6.07) is 9.77. The lowest BCUT2D eigenvalue weighted by atomic mass is 10.0. The molecule has 0 fully saturated rings. The molecular weight excluding hydrogens is 288 g/mol. The van der Waals surface area contributed by atoms with Gasteiger partial charge in [0.2, 0.25) is 0 Å². The van der Waals surface area contributed by atoms with E-state index in [0.717, 1.165) is 17.0 Å². The first-order valence-electron chi connectivity index (χ1n) is 6.46. The van der Waals surface area contributed by atoms with Gasteiger partial charge in [-0.15, -0.1) is 0 Å². The summed E-state index contributed by atoms with van der Waals surface area (Å²) in [5.74, 6) is 0.829. The Bertz CT molecular complexity index is 956. The first kappa shape index (κ1) is 12.2. The van der Waals surface area contributed by atoms with E-state index in [4.69, 9.17) is 16.0 Å². The van der Waals surface area contributed by atoms with Crippen molar-refractivity contribution in [1.29, 1.82) is 0 Å². The predicted octanol–water partition coefficient (Wildman–Crippen LogP) is 3.89. The molecule has 0 amide bonds. The molecule has 0 spiro atoms. The van der Waals surface area contributed by atoms with Crippen LogP contribution >= 0.6 is 11.6 Å². The largest absolute Gasteiger partial charge is 0.464 e. The molecule has 104 valence electrons. The molecule has 0 saturated heterocycles. The summed E-state index contributed by atoms with van der Waals surface area (Å²) < 4.78 is 6.90. The number of furan rings is 1. The summed E-state index contributed by atoms with van der Waals surface area (Å²) in [7, 11) is 1.81. The van der Waals surface area contributed by atoms with Crippen molar-refractivity contribution in [3.63, 3.8) is 0 Å². The highest BCUT2D eigenvalue weighted by Gasteiger charge is 2.09. The van der Waals surface area contributed by atoms with Gasteiger partial charge in [-0.25, -0.2) is 4.98 Å². The Labute approximate surface area is 124 Å². The van der Waals surface area contributed by atoms with Gasteiger partial charge in [0.05, 0.1) is 12.5 Å². The Balaban J connectivity index is 0.000000113. The van der Waals surface area contributed by atoms with Crippen LogP contribution in [0.2, 0.25) is 5.15 Å². The molecule has 3 aromatic carbocycles. The van der Waals surface area contributed by atoms with Gasteiger partial charge in [0, 0.05) is 30.0 Å².